The number of rotatable bonds is 26. The number of hydrogen-bond acceptors (Lipinski definition) is 11. The number of carbonyl (C=O) groups excluding carboxylic acids is 2. The number of carboxylic acid groups (broad SMARTS) is 2. The minimum absolute atomic E-state index is 0.0122. The molecule has 0 radical (unpaired) electrons. The Kier molecular flexibility index (Phi) is 20.1. The fourth-order valence-corrected chi connectivity index (χ4v) is 9.01. The fraction of sp³-hybridized carbons (Fsp3) is 0.185. The van der Waals surface area contributed by atoms with E-state index in [0.29, 0.717) is 23.0 Å². The molecule has 2 amide bonds. The van der Waals surface area contributed by atoms with Crippen LogP contribution < -0.4 is 20.1 Å². The Labute approximate surface area is 414 Å². The molecule has 0 aliphatic rings. The molecule has 6 aromatic carbocycles. The van der Waals surface area contributed by atoms with E-state index in [9.17, 15) is 19.2 Å². The maximum atomic E-state index is 12.8. The Morgan fingerprint density at radius 1 is 0.478 bits per heavy atom. The van der Waals surface area contributed by atoms with Gasteiger partial charge in [0.15, 0.2) is 0 Å². The molecule has 4 N–H and O–H groups in total. The summed E-state index contributed by atoms with van der Waals surface area (Å²) in [5, 5.41) is 23.5. The molecule has 0 aromatic heterocycles. The maximum absolute atomic E-state index is 12.8. The zero-order chi connectivity index (χ0) is 48.8. The van der Waals surface area contributed by atoms with Gasteiger partial charge in [0.05, 0.1) is 0 Å². The number of nitrogens with one attached hydrogen (secondary N) is 2. The molecule has 0 bridgehead atoms. The molecule has 2 unspecified atom stereocenters. The van der Waals surface area contributed by atoms with Crippen molar-refractivity contribution in [2.45, 2.75) is 44.6 Å². The summed E-state index contributed by atoms with van der Waals surface area (Å²) in [6.45, 7) is 7.32. The summed E-state index contributed by atoms with van der Waals surface area (Å²) in [5.74, 6) is -0.159. The summed E-state index contributed by atoms with van der Waals surface area (Å²) in [6, 6.07) is 51.2. The van der Waals surface area contributed by atoms with Crippen molar-refractivity contribution >= 4 is 59.4 Å². The summed E-state index contributed by atoms with van der Waals surface area (Å²) in [4.78, 5) is 51.9. The molecule has 2 atom stereocenters. The van der Waals surface area contributed by atoms with E-state index in [4.69, 9.17) is 29.2 Å². The second-order valence-electron chi connectivity index (χ2n) is 15.2. The Morgan fingerprint density at radius 2 is 0.826 bits per heavy atom. The highest BCUT2D eigenvalue weighted by Crippen LogP contribution is 2.34. The summed E-state index contributed by atoms with van der Waals surface area (Å²) >= 11 is 4.64. The topological polar surface area (TPSA) is 170 Å². The number of carboxylic acids is 2. The lowest BCUT2D eigenvalue weighted by atomic mass is 10.1. The van der Waals surface area contributed by atoms with E-state index in [1.165, 1.54) is 23.5 Å². The molecule has 0 saturated carbocycles. The maximum Gasteiger partial charge on any atom is 0.407 e. The number of hydrogen-bond donors (Lipinski definition) is 4. The van der Waals surface area contributed by atoms with Crippen molar-refractivity contribution < 1.29 is 48.3 Å². The highest BCUT2D eigenvalue weighted by Gasteiger charge is 2.20. The van der Waals surface area contributed by atoms with E-state index < -0.39 is 36.3 Å². The van der Waals surface area contributed by atoms with Crippen LogP contribution in [0.2, 0.25) is 0 Å². The second kappa shape index (κ2) is 27.1. The van der Waals surface area contributed by atoms with E-state index in [1.54, 1.807) is 11.8 Å². The number of carbonyl (C=O) groups is 4. The number of aliphatic carboxylic acids is 2. The lowest BCUT2D eigenvalue weighted by Gasteiger charge is -2.20. The van der Waals surface area contributed by atoms with Gasteiger partial charge in [-0.3, -0.25) is 0 Å². The Bertz CT molecular complexity index is 2470. The van der Waals surface area contributed by atoms with Gasteiger partial charge in [0.1, 0.15) is 36.9 Å². The molecule has 0 fully saturated rings. The third-order valence-corrected chi connectivity index (χ3v) is 13.4. The zero-order valence-electron chi connectivity index (χ0n) is 37.6. The smallest absolute Gasteiger partial charge is 0.407 e. The third-order valence-electron chi connectivity index (χ3n) is 10.1. The summed E-state index contributed by atoms with van der Waals surface area (Å²) < 4.78 is 24.1. The van der Waals surface area contributed by atoms with Crippen LogP contribution in [0.1, 0.15) is 12.8 Å². The largest absolute Gasteiger partial charge is 0.489 e. The monoisotopic (exact) mass is 984 g/mol. The van der Waals surface area contributed by atoms with Crippen molar-refractivity contribution in [2.24, 2.45) is 0 Å². The first-order valence-corrected chi connectivity index (χ1v) is 24.7. The third kappa shape index (κ3) is 17.2. The van der Waals surface area contributed by atoms with Crippen LogP contribution in [-0.2, 0) is 19.1 Å². The van der Waals surface area contributed by atoms with Gasteiger partial charge in [-0.1, -0.05) is 122 Å². The van der Waals surface area contributed by atoms with Crippen LogP contribution in [0.25, 0.3) is 22.3 Å². The van der Waals surface area contributed by atoms with Crippen molar-refractivity contribution in [1.82, 2.24) is 10.6 Å². The molecule has 6 rings (SSSR count). The average Bonchev–Trinajstić information content (AvgIpc) is 3.37. The van der Waals surface area contributed by atoms with Crippen LogP contribution in [0, 0.1) is 0 Å². The zero-order valence-corrected chi connectivity index (χ0v) is 40.1. The van der Waals surface area contributed by atoms with Gasteiger partial charge in [-0.25, -0.2) is 19.2 Å². The first-order chi connectivity index (χ1) is 33.5. The van der Waals surface area contributed by atoms with Crippen LogP contribution in [-0.4, -0.2) is 84.4 Å². The molecule has 0 saturated heterocycles. The second-order valence-corrected chi connectivity index (χ2v) is 18.6. The van der Waals surface area contributed by atoms with Crippen LogP contribution in [0.4, 0.5) is 9.59 Å². The van der Waals surface area contributed by atoms with E-state index in [0.717, 1.165) is 41.8 Å². The molecule has 356 valence electrons. The number of ether oxygens (including phenoxy) is 4. The Hall–Kier alpha value is -7.07. The van der Waals surface area contributed by atoms with E-state index in [-0.39, 0.29) is 50.3 Å². The molecule has 15 heteroatoms. The van der Waals surface area contributed by atoms with Gasteiger partial charge in [0, 0.05) is 66.5 Å². The Morgan fingerprint density at radius 3 is 1.20 bits per heavy atom. The first-order valence-electron chi connectivity index (χ1n) is 21.9. The van der Waals surface area contributed by atoms with Gasteiger partial charge >= 0.3 is 24.1 Å². The minimum atomic E-state index is -1.12. The SMILES string of the molecule is C=C(CCNC(=O)OC(COc1ccccc1-c1ccccc1)CSc1ccc(Sc2ccc(SCC(COc3ccccc3-c3ccccc3)OC(=O)NCCC(=C)C(=O)O)cc2)cc1)C(=O)O. The summed E-state index contributed by atoms with van der Waals surface area (Å²) in [5.41, 5.74) is 3.78. The fourth-order valence-electron chi connectivity index (χ4n) is 6.45. The van der Waals surface area contributed by atoms with Crippen molar-refractivity contribution in [3.05, 3.63) is 182 Å². The van der Waals surface area contributed by atoms with Crippen molar-refractivity contribution in [1.29, 1.82) is 0 Å². The van der Waals surface area contributed by atoms with Gasteiger partial charge < -0.3 is 39.8 Å². The summed E-state index contributed by atoms with van der Waals surface area (Å²) in [7, 11) is 0. The first kappa shape index (κ1) is 51.3. The lowest BCUT2D eigenvalue weighted by molar-refractivity contribution is -0.133. The molecule has 12 nitrogen and oxygen atoms in total. The molecule has 0 aliphatic heterocycles. The van der Waals surface area contributed by atoms with Gasteiger partial charge in [-0.15, -0.1) is 23.5 Å². The Balaban J connectivity index is 1.03. The van der Waals surface area contributed by atoms with Crippen LogP contribution in [0.5, 0.6) is 11.5 Å². The lowest BCUT2D eigenvalue weighted by Crippen LogP contribution is -2.34. The van der Waals surface area contributed by atoms with Crippen LogP contribution in [0.15, 0.2) is 202 Å². The van der Waals surface area contributed by atoms with Crippen LogP contribution in [0.3, 0.4) is 0 Å². The van der Waals surface area contributed by atoms with E-state index in [2.05, 4.69) is 23.8 Å². The predicted molar refractivity (Wildman–Crippen MR) is 273 cm³/mol. The number of benzene rings is 6. The molecule has 69 heavy (non-hydrogen) atoms. The van der Waals surface area contributed by atoms with Gasteiger partial charge in [-0.05, 0) is 84.6 Å². The number of amides is 2. The number of thioether (sulfide) groups is 2. The van der Waals surface area contributed by atoms with Gasteiger partial charge in [0.25, 0.3) is 0 Å². The van der Waals surface area contributed by atoms with Crippen molar-refractivity contribution in [2.75, 3.05) is 37.8 Å². The number of alkyl carbamates (subject to hydrolysis) is 2. The summed E-state index contributed by atoms with van der Waals surface area (Å²) in [6.07, 6.45) is -2.50. The van der Waals surface area contributed by atoms with E-state index in [1.807, 2.05) is 158 Å². The molecular formula is C54H52N2O10S3. The highest BCUT2D eigenvalue weighted by atomic mass is 32.2. The molecule has 0 aliphatic carbocycles. The molecular weight excluding hydrogens is 933 g/mol. The average molecular weight is 985 g/mol. The number of para-hydroxylation sites is 2. The van der Waals surface area contributed by atoms with Crippen molar-refractivity contribution in [3.63, 3.8) is 0 Å². The molecule has 0 heterocycles. The normalized spacial score (nSPS) is 11.6. The molecule has 0 spiro atoms. The van der Waals surface area contributed by atoms with Gasteiger partial charge in [-0.2, -0.15) is 0 Å². The minimum Gasteiger partial charge on any atom is -0.489 e. The highest BCUT2D eigenvalue weighted by molar-refractivity contribution is 8.00. The quantitative estimate of drug-likeness (QED) is 0.0299. The molecule has 6 aromatic rings. The van der Waals surface area contributed by atoms with Gasteiger partial charge in [0.2, 0.25) is 0 Å². The standard InChI is InChI=1S/C54H52N2O10S3/c1-37(51(57)58)29-31-55-53(61)65-41(33-63-49-19-11-9-17-47(49)39-13-5-3-6-14-39)35-67-43-21-25-45(26-22-43)69-46-27-23-44(24-28-46)68-36-42(66-54(62)56-32-30-38(2)52(59)60)34-64-50-20-12-10-18-48(50)40-15-7-4-8-16-40/h3-28,41-42H,1-2,29-36H2,(H,55,61)(H,56,62)(H,57,58)(H,59,60). The van der Waals surface area contributed by atoms with Crippen LogP contribution >= 0.6 is 35.3 Å². The predicted octanol–water partition coefficient (Wildman–Crippen LogP) is 11.8. The van der Waals surface area contributed by atoms with Crippen molar-refractivity contribution in [3.8, 4) is 33.8 Å². The van der Waals surface area contributed by atoms with E-state index >= 15 is 0 Å².